The van der Waals surface area contributed by atoms with Gasteiger partial charge in [-0.25, -0.2) is 0 Å². The maximum atomic E-state index is 5.19. The van der Waals surface area contributed by atoms with Gasteiger partial charge in [0.25, 0.3) is 0 Å². The van der Waals surface area contributed by atoms with Crippen LogP contribution in [0.25, 0.3) is 109 Å². The van der Waals surface area contributed by atoms with Crippen molar-refractivity contribution >= 4 is 31.5 Å². The maximum absolute atomic E-state index is 5.19. The van der Waals surface area contributed by atoms with Crippen molar-refractivity contribution in [1.82, 2.24) is 4.98 Å². The number of nitrogens with zero attached hydrogens (tertiary/aromatic N) is 1. The second-order valence-electron chi connectivity index (χ2n) is 17.3. The predicted molar refractivity (Wildman–Crippen MR) is 280 cm³/mol. The van der Waals surface area contributed by atoms with Gasteiger partial charge in [-0.1, -0.05) is 170 Å². The highest BCUT2D eigenvalue weighted by Crippen LogP contribution is 2.45. The second kappa shape index (κ2) is 16.8. The molecule has 0 aliphatic rings. The average molecular weight is 850 g/mol. The van der Waals surface area contributed by atoms with Gasteiger partial charge in [-0.15, -0.1) is 11.3 Å². The summed E-state index contributed by atoms with van der Waals surface area (Å²) >= 11 is 1.86. The number of aromatic nitrogens is 1. The van der Waals surface area contributed by atoms with Crippen molar-refractivity contribution in [2.24, 2.45) is 0 Å². The third-order valence-electron chi connectivity index (χ3n) is 13.2. The van der Waals surface area contributed by atoms with E-state index in [2.05, 4.69) is 240 Å². The molecule has 0 aliphatic heterocycles. The number of benzene rings is 9. The fourth-order valence-electron chi connectivity index (χ4n) is 9.42. The van der Waals surface area contributed by atoms with Crippen molar-refractivity contribution in [2.75, 3.05) is 0 Å². The third kappa shape index (κ3) is 7.56. The van der Waals surface area contributed by atoms with E-state index in [1.165, 1.54) is 92.5 Å². The van der Waals surface area contributed by atoms with Gasteiger partial charge in [0.2, 0.25) is 0 Å². The number of aryl methyl sites for hydroxylation is 4. The molecule has 0 spiro atoms. The zero-order chi connectivity index (χ0) is 44.0. The second-order valence-corrected chi connectivity index (χ2v) is 18.4. The van der Waals surface area contributed by atoms with Gasteiger partial charge in [-0.05, 0) is 159 Å². The van der Waals surface area contributed by atoms with Gasteiger partial charge < -0.3 is 0 Å². The summed E-state index contributed by atoms with van der Waals surface area (Å²) in [7, 11) is 0. The molecule has 11 aromatic rings. The molecule has 0 saturated carbocycles. The zero-order valence-corrected chi connectivity index (χ0v) is 37.9. The van der Waals surface area contributed by atoms with Gasteiger partial charge in [-0.2, -0.15) is 0 Å². The largest absolute Gasteiger partial charge is 0.256 e. The first kappa shape index (κ1) is 40.1. The quantitative estimate of drug-likeness (QED) is 0.148. The average Bonchev–Trinajstić information content (AvgIpc) is 3.74. The van der Waals surface area contributed by atoms with E-state index in [1.807, 2.05) is 11.3 Å². The molecule has 310 valence electrons. The van der Waals surface area contributed by atoms with Crippen LogP contribution in [0.1, 0.15) is 22.3 Å². The number of hydrogen-bond donors (Lipinski definition) is 0. The van der Waals surface area contributed by atoms with Gasteiger partial charge >= 0.3 is 0 Å². The van der Waals surface area contributed by atoms with Gasteiger partial charge in [0.05, 0.1) is 5.69 Å². The molecule has 0 aliphatic carbocycles. The molecular weight excluding hydrogens is 803 g/mol. The number of rotatable bonds is 8. The van der Waals surface area contributed by atoms with Gasteiger partial charge in [0, 0.05) is 37.5 Å². The van der Waals surface area contributed by atoms with Crippen LogP contribution in [0.4, 0.5) is 0 Å². The molecule has 2 heteroatoms. The summed E-state index contributed by atoms with van der Waals surface area (Å²) in [5.41, 5.74) is 23.7. The van der Waals surface area contributed by atoms with Gasteiger partial charge in [0.1, 0.15) is 0 Å². The summed E-state index contributed by atoms with van der Waals surface area (Å²) in [6.45, 7) is 8.78. The molecule has 0 fully saturated rings. The Balaban J connectivity index is 1.15. The maximum Gasteiger partial charge on any atom is 0.0708 e. The fourth-order valence-corrected chi connectivity index (χ4v) is 10.6. The Hall–Kier alpha value is -7.65. The topological polar surface area (TPSA) is 12.9 Å². The lowest BCUT2D eigenvalue weighted by Gasteiger charge is -2.19. The molecule has 0 atom stereocenters. The highest BCUT2D eigenvalue weighted by atomic mass is 32.1. The van der Waals surface area contributed by atoms with E-state index in [1.54, 1.807) is 0 Å². The minimum atomic E-state index is 0.952. The van der Waals surface area contributed by atoms with Crippen molar-refractivity contribution < 1.29 is 0 Å². The Morgan fingerprint density at radius 2 is 0.723 bits per heavy atom. The van der Waals surface area contributed by atoms with Crippen molar-refractivity contribution in [2.45, 2.75) is 27.7 Å². The number of thiophene rings is 1. The number of fused-ring (bicyclic) bond motifs is 3. The van der Waals surface area contributed by atoms with Crippen LogP contribution < -0.4 is 0 Å². The molecule has 2 heterocycles. The molecule has 0 unspecified atom stereocenters. The summed E-state index contributed by atoms with van der Waals surface area (Å²) in [6, 6.07) is 76.0. The minimum absolute atomic E-state index is 0.952. The van der Waals surface area contributed by atoms with E-state index in [0.29, 0.717) is 0 Å². The van der Waals surface area contributed by atoms with E-state index < -0.39 is 0 Å². The molecule has 0 radical (unpaired) electrons. The molecule has 2 aromatic heterocycles. The van der Waals surface area contributed by atoms with Crippen LogP contribution in [0.15, 0.2) is 212 Å². The van der Waals surface area contributed by atoms with Crippen molar-refractivity contribution in [3.05, 3.63) is 235 Å². The molecule has 65 heavy (non-hydrogen) atoms. The molecular formula is C63H47NS. The SMILES string of the molecule is Cc1ccc(-c2ccccc2-c2cc(-c3ccccc3-c3ccc(C)c(C)c3)cc(-c3ccccc3-c3cnc(-c4ccccc4)cc3-c3ccc4c(c3)sc3ccccc34)c2)cc1C. The van der Waals surface area contributed by atoms with Gasteiger partial charge in [-0.3, -0.25) is 4.98 Å². The first-order valence-corrected chi connectivity index (χ1v) is 23.2. The van der Waals surface area contributed by atoms with E-state index in [-0.39, 0.29) is 0 Å². The lowest BCUT2D eigenvalue weighted by Crippen LogP contribution is -1.95. The van der Waals surface area contributed by atoms with Crippen LogP contribution >= 0.6 is 11.3 Å². The van der Waals surface area contributed by atoms with E-state index in [0.717, 1.165) is 39.1 Å². The van der Waals surface area contributed by atoms with Crippen LogP contribution in [0.2, 0.25) is 0 Å². The zero-order valence-electron chi connectivity index (χ0n) is 37.1. The first-order valence-electron chi connectivity index (χ1n) is 22.4. The predicted octanol–water partition coefficient (Wildman–Crippen LogP) is 18.0. The molecule has 1 nitrogen and oxygen atoms in total. The molecule has 0 amide bonds. The monoisotopic (exact) mass is 849 g/mol. The van der Waals surface area contributed by atoms with Crippen LogP contribution in [0, 0.1) is 27.7 Å². The van der Waals surface area contributed by atoms with Crippen LogP contribution in [-0.2, 0) is 0 Å². The van der Waals surface area contributed by atoms with Crippen molar-refractivity contribution in [3.63, 3.8) is 0 Å². The highest BCUT2D eigenvalue weighted by Gasteiger charge is 2.20. The Morgan fingerprint density at radius 3 is 1.29 bits per heavy atom. The fraction of sp³-hybridized carbons (Fsp3) is 0.0635. The summed E-state index contributed by atoms with van der Waals surface area (Å²) in [5, 5.41) is 2.60. The van der Waals surface area contributed by atoms with Crippen LogP contribution in [0.3, 0.4) is 0 Å². The van der Waals surface area contributed by atoms with Crippen LogP contribution in [0.5, 0.6) is 0 Å². The van der Waals surface area contributed by atoms with Crippen molar-refractivity contribution in [1.29, 1.82) is 0 Å². The first-order chi connectivity index (χ1) is 31.9. The Labute approximate surface area is 386 Å². The van der Waals surface area contributed by atoms with Gasteiger partial charge in [0.15, 0.2) is 0 Å². The molecule has 9 aromatic carbocycles. The molecule has 0 saturated heterocycles. The third-order valence-corrected chi connectivity index (χ3v) is 14.4. The molecule has 0 bridgehead atoms. The Morgan fingerprint density at radius 1 is 0.277 bits per heavy atom. The molecule has 0 N–H and O–H groups in total. The summed E-state index contributed by atoms with van der Waals surface area (Å²) in [4.78, 5) is 5.19. The minimum Gasteiger partial charge on any atom is -0.256 e. The Bertz CT molecular complexity index is 3480. The van der Waals surface area contributed by atoms with Crippen LogP contribution in [-0.4, -0.2) is 4.98 Å². The smallest absolute Gasteiger partial charge is 0.0708 e. The molecule has 11 rings (SSSR count). The van der Waals surface area contributed by atoms with E-state index in [4.69, 9.17) is 4.98 Å². The summed E-state index contributed by atoms with van der Waals surface area (Å²) in [6.07, 6.45) is 2.10. The lowest BCUT2D eigenvalue weighted by molar-refractivity contribution is 1.32. The van der Waals surface area contributed by atoms with E-state index in [9.17, 15) is 0 Å². The number of pyridine rings is 1. The highest BCUT2D eigenvalue weighted by molar-refractivity contribution is 7.25. The standard InChI is InChI=1S/C63H47NS/c1-40-26-28-45(32-42(40)3)51-18-8-10-20-53(51)48-34-49(54-21-11-9-19-52(54)46-29-27-41(2)43(4)33-46)36-50(35-48)55-22-12-13-23-56(55)60-39-64-61(44-16-6-5-7-17-44)38-59(60)47-30-31-58-57-24-14-15-25-62(57)65-63(58)37-47/h5-39H,1-4H3. The summed E-state index contributed by atoms with van der Waals surface area (Å²) < 4.78 is 2.59. The lowest BCUT2D eigenvalue weighted by atomic mass is 9.85. The summed E-state index contributed by atoms with van der Waals surface area (Å²) in [5.74, 6) is 0. The number of hydrogen-bond acceptors (Lipinski definition) is 2. The van der Waals surface area contributed by atoms with E-state index >= 15 is 0 Å². The Kier molecular flexibility index (Phi) is 10.4. The van der Waals surface area contributed by atoms with Crippen molar-refractivity contribution in [3.8, 4) is 89.1 Å². The normalized spacial score (nSPS) is 11.4.